The maximum Gasteiger partial charge on any atom is 0.156 e. The van der Waals surface area contributed by atoms with Crippen LogP contribution in [0.25, 0.3) is 0 Å². The van der Waals surface area contributed by atoms with Gasteiger partial charge in [0.2, 0.25) is 0 Å². The van der Waals surface area contributed by atoms with Gasteiger partial charge in [-0.1, -0.05) is 26.7 Å². The second kappa shape index (κ2) is 15.6. The third-order valence-corrected chi connectivity index (χ3v) is 2.36. The van der Waals surface area contributed by atoms with Crippen LogP contribution in [0.4, 0.5) is 0 Å². The van der Waals surface area contributed by atoms with Crippen LogP contribution in [0.3, 0.4) is 0 Å². The molecule has 0 aromatic heterocycles. The zero-order chi connectivity index (χ0) is 12.9. The fourth-order valence-electron chi connectivity index (χ4n) is 1.31. The summed E-state index contributed by atoms with van der Waals surface area (Å²) in [6, 6.07) is 0. The maximum atomic E-state index is 9.25. The van der Waals surface area contributed by atoms with Crippen LogP contribution in [-0.4, -0.2) is 54.5 Å². The number of ether oxygens (including phenoxy) is 1. The fourth-order valence-corrected chi connectivity index (χ4v) is 1.31. The normalized spacial score (nSPS) is 12.5. The van der Waals surface area contributed by atoms with Gasteiger partial charge < -0.3 is 14.9 Å². The number of aliphatic hydroxyl groups is 2. The summed E-state index contributed by atoms with van der Waals surface area (Å²) < 4.78 is 5.52. The van der Waals surface area contributed by atoms with Crippen LogP contribution in [0.15, 0.2) is 0 Å². The van der Waals surface area contributed by atoms with Crippen molar-refractivity contribution in [2.45, 2.75) is 45.8 Å². The molecule has 0 aliphatic carbocycles. The Morgan fingerprint density at radius 1 is 1.06 bits per heavy atom. The second-order valence-electron chi connectivity index (χ2n) is 3.91. The minimum Gasteiger partial charge on any atom is -0.395 e. The van der Waals surface area contributed by atoms with Gasteiger partial charge in [-0.05, 0) is 12.8 Å². The predicted molar refractivity (Wildman–Crippen MR) is 66.4 cm³/mol. The molecule has 1 unspecified atom stereocenters. The summed E-state index contributed by atoms with van der Waals surface area (Å²) in [7, 11) is 0. The Bertz CT molecular complexity index is 163. The summed E-state index contributed by atoms with van der Waals surface area (Å²) in [5, 5.41) is 19.7. The maximum absolute atomic E-state index is 9.25. The first-order chi connectivity index (χ1) is 8.29. The molecule has 0 rings (SSSR count). The molecule has 0 saturated heterocycles. The van der Waals surface area contributed by atoms with E-state index in [1.165, 1.54) is 5.06 Å². The molecule has 0 aliphatic heterocycles. The van der Waals surface area contributed by atoms with Gasteiger partial charge in [0.05, 0.1) is 26.4 Å². The van der Waals surface area contributed by atoms with Crippen molar-refractivity contribution < 1.29 is 41.5 Å². The van der Waals surface area contributed by atoms with Crippen LogP contribution in [0.2, 0.25) is 0 Å². The van der Waals surface area contributed by atoms with E-state index < -0.39 is 6.23 Å². The standard InChI is InChI=1S/C12H27NO4.Ti/c1-3-5-9-16-12(11-15)13(7-8-14)17-10-6-4-2;/h12,14-15H,3-11H2,1-2H3;. The topological polar surface area (TPSA) is 62.2 Å². The number of hydrogen-bond acceptors (Lipinski definition) is 5. The van der Waals surface area contributed by atoms with Gasteiger partial charge in [-0.25, -0.2) is 0 Å². The molecule has 0 aliphatic rings. The Morgan fingerprint density at radius 3 is 2.17 bits per heavy atom. The summed E-state index contributed by atoms with van der Waals surface area (Å²) in [6.07, 6.45) is 3.53. The smallest absolute Gasteiger partial charge is 0.156 e. The molecular weight excluding hydrogens is 270 g/mol. The molecule has 0 saturated carbocycles. The van der Waals surface area contributed by atoms with E-state index in [4.69, 9.17) is 14.7 Å². The van der Waals surface area contributed by atoms with Gasteiger partial charge in [-0.3, -0.25) is 4.84 Å². The van der Waals surface area contributed by atoms with E-state index >= 15 is 0 Å². The molecule has 0 aromatic rings. The fraction of sp³-hybridized carbons (Fsp3) is 1.00. The van der Waals surface area contributed by atoms with Crippen molar-refractivity contribution >= 4 is 0 Å². The van der Waals surface area contributed by atoms with E-state index in [0.717, 1.165) is 25.7 Å². The molecule has 108 valence electrons. The van der Waals surface area contributed by atoms with Crippen molar-refractivity contribution in [3.63, 3.8) is 0 Å². The Kier molecular flexibility index (Phi) is 18.0. The Labute approximate surface area is 125 Å². The zero-order valence-electron chi connectivity index (χ0n) is 11.6. The van der Waals surface area contributed by atoms with E-state index in [9.17, 15) is 5.11 Å². The molecule has 1 atom stereocenters. The molecule has 0 fully saturated rings. The van der Waals surface area contributed by atoms with Crippen LogP contribution in [0.1, 0.15) is 39.5 Å². The van der Waals surface area contributed by atoms with E-state index in [0.29, 0.717) is 19.8 Å². The summed E-state index contributed by atoms with van der Waals surface area (Å²) in [5.41, 5.74) is 0. The summed E-state index contributed by atoms with van der Waals surface area (Å²) >= 11 is 0. The third kappa shape index (κ3) is 10.4. The average Bonchev–Trinajstić information content (AvgIpc) is 2.34. The van der Waals surface area contributed by atoms with Crippen molar-refractivity contribution in [1.82, 2.24) is 5.06 Å². The Morgan fingerprint density at radius 2 is 1.67 bits per heavy atom. The van der Waals surface area contributed by atoms with Crippen molar-refractivity contribution in [2.75, 3.05) is 33.0 Å². The van der Waals surface area contributed by atoms with Crippen LogP contribution in [0.5, 0.6) is 0 Å². The van der Waals surface area contributed by atoms with Crippen molar-refractivity contribution in [1.29, 1.82) is 0 Å². The monoisotopic (exact) mass is 297 g/mol. The minimum atomic E-state index is -0.481. The second-order valence-corrected chi connectivity index (χ2v) is 3.91. The number of hydroxylamine groups is 2. The van der Waals surface area contributed by atoms with Gasteiger partial charge >= 0.3 is 0 Å². The number of unbranched alkanes of at least 4 members (excludes halogenated alkanes) is 2. The minimum absolute atomic E-state index is 0. The molecule has 0 amide bonds. The number of nitrogens with zero attached hydrogens (tertiary/aromatic N) is 1. The van der Waals surface area contributed by atoms with Crippen molar-refractivity contribution in [3.8, 4) is 0 Å². The molecule has 0 heterocycles. The molecule has 0 radical (unpaired) electrons. The molecule has 0 aromatic carbocycles. The van der Waals surface area contributed by atoms with E-state index in [1.54, 1.807) is 0 Å². The van der Waals surface area contributed by atoms with Gasteiger partial charge in [-0.15, -0.1) is 0 Å². The van der Waals surface area contributed by atoms with Crippen LogP contribution in [0, 0.1) is 0 Å². The van der Waals surface area contributed by atoms with Gasteiger partial charge in [0.25, 0.3) is 0 Å². The molecule has 2 N–H and O–H groups in total. The van der Waals surface area contributed by atoms with Crippen LogP contribution >= 0.6 is 0 Å². The zero-order valence-corrected chi connectivity index (χ0v) is 13.2. The molecule has 18 heavy (non-hydrogen) atoms. The average molecular weight is 297 g/mol. The summed E-state index contributed by atoms with van der Waals surface area (Å²) in [4.78, 5) is 5.49. The first kappa shape index (κ1) is 20.8. The molecule has 0 bridgehead atoms. The first-order valence-corrected chi connectivity index (χ1v) is 6.52. The molecular formula is C12H27NO4Ti. The predicted octanol–water partition coefficient (Wildman–Crippen LogP) is 1.14. The van der Waals surface area contributed by atoms with E-state index in [-0.39, 0.29) is 34.9 Å². The molecule has 0 spiro atoms. The van der Waals surface area contributed by atoms with Crippen LogP contribution < -0.4 is 0 Å². The summed E-state index contributed by atoms with van der Waals surface area (Å²) in [6.45, 7) is 5.56. The molecule has 5 nitrogen and oxygen atoms in total. The van der Waals surface area contributed by atoms with Crippen molar-refractivity contribution in [3.05, 3.63) is 0 Å². The Hall–Kier alpha value is 0.514. The Balaban J connectivity index is 0. The quantitative estimate of drug-likeness (QED) is 0.245. The van der Waals surface area contributed by atoms with Crippen LogP contribution in [-0.2, 0) is 31.3 Å². The number of rotatable bonds is 12. The number of aliphatic hydroxyl groups excluding tert-OH is 2. The number of hydrogen-bond donors (Lipinski definition) is 2. The molecule has 6 heteroatoms. The van der Waals surface area contributed by atoms with Gasteiger partial charge in [0.1, 0.15) is 0 Å². The SMILES string of the molecule is CCCCOC(CO)N(CCO)OCCCC.[Ti]. The van der Waals surface area contributed by atoms with Gasteiger partial charge in [0, 0.05) is 28.3 Å². The summed E-state index contributed by atoms with van der Waals surface area (Å²) in [5.74, 6) is 0. The van der Waals surface area contributed by atoms with E-state index in [1.807, 2.05) is 0 Å². The largest absolute Gasteiger partial charge is 0.395 e. The van der Waals surface area contributed by atoms with Gasteiger partial charge in [0.15, 0.2) is 6.23 Å². The van der Waals surface area contributed by atoms with E-state index in [2.05, 4.69) is 13.8 Å². The van der Waals surface area contributed by atoms with Crippen molar-refractivity contribution in [2.24, 2.45) is 0 Å². The first-order valence-electron chi connectivity index (χ1n) is 6.52. The van der Waals surface area contributed by atoms with Gasteiger partial charge in [-0.2, -0.15) is 5.06 Å². The third-order valence-electron chi connectivity index (χ3n) is 2.36.